The average Bonchev–Trinajstić information content (AvgIpc) is 1.76. The van der Waals surface area contributed by atoms with Gasteiger partial charge in [-0.1, -0.05) is 121 Å². The fraction of sp³-hybridized carbons (Fsp3) is 0.530. The van der Waals surface area contributed by atoms with E-state index >= 15 is 0 Å². The van der Waals surface area contributed by atoms with E-state index in [1.54, 1.807) is 36.2 Å². The molecule has 3 heterocycles. The molecule has 1 aromatic heterocycles. The molecule has 0 spiro atoms. The van der Waals surface area contributed by atoms with Crippen LogP contribution >= 0.6 is 23.1 Å². The molecule has 1 aromatic carbocycles. The number of carbonyl (C=O) groups excluding carboxylic acids is 9. The number of thioether (sulfide) groups is 1. The van der Waals surface area contributed by atoms with Gasteiger partial charge in [0.15, 0.2) is 6.10 Å². The lowest BCUT2D eigenvalue weighted by atomic mass is 9.92. The minimum Gasteiger partial charge on any atom is -0.481 e. The van der Waals surface area contributed by atoms with Crippen LogP contribution in [0.15, 0.2) is 101 Å². The molecule has 0 bridgehead atoms. The molecule has 8 N–H and O–H groups in total. The quantitative estimate of drug-likeness (QED) is 0.0202. The van der Waals surface area contributed by atoms with Crippen LogP contribution in [0.25, 0.3) is 0 Å². The number of nitrogens with two attached hydrogens (primary N) is 1. The Morgan fingerprint density at radius 1 is 0.878 bits per heavy atom. The number of aliphatic carboxylic acids is 1. The summed E-state index contributed by atoms with van der Waals surface area (Å²) in [5, 5.41) is 25.4. The van der Waals surface area contributed by atoms with Gasteiger partial charge in [-0.2, -0.15) is 0 Å². The number of hydrogen-bond acceptors (Lipinski definition) is 15. The second kappa shape index (κ2) is 37.5. The van der Waals surface area contributed by atoms with Crippen LogP contribution in [0, 0.1) is 17.8 Å². The number of benzene rings is 1. The highest BCUT2D eigenvalue weighted by Crippen LogP contribution is 2.34. The number of anilines is 1. The summed E-state index contributed by atoms with van der Waals surface area (Å²) >= 11 is 2.45. The Labute approximate surface area is 537 Å². The van der Waals surface area contributed by atoms with Gasteiger partial charge in [0.1, 0.15) is 22.8 Å². The van der Waals surface area contributed by atoms with Gasteiger partial charge in [0.25, 0.3) is 5.91 Å². The number of carboxylic acid groups (broad SMARTS) is 1. The molecule has 9 amide bonds. The highest BCUT2D eigenvalue weighted by atomic mass is 32.2. The number of hydrogen-bond donors (Lipinski definition) is 7. The average molecular weight is 1280 g/mol. The van der Waals surface area contributed by atoms with Crippen molar-refractivity contribution in [1.82, 2.24) is 41.0 Å². The monoisotopic (exact) mass is 1280 g/mol. The van der Waals surface area contributed by atoms with Gasteiger partial charge in [-0.3, -0.25) is 53.0 Å². The maximum atomic E-state index is 14.4. The van der Waals surface area contributed by atoms with Gasteiger partial charge in [0.2, 0.25) is 35.4 Å². The van der Waals surface area contributed by atoms with E-state index in [9.17, 15) is 53.1 Å². The summed E-state index contributed by atoms with van der Waals surface area (Å²) in [6, 6.07) is 2.70. The topological polar surface area (TPSA) is 309 Å². The maximum Gasteiger partial charge on any atom is 0.312 e. The van der Waals surface area contributed by atoms with Crippen LogP contribution in [0.2, 0.25) is 0 Å². The Hall–Kier alpha value is -7.70. The molecule has 2 aliphatic heterocycles. The lowest BCUT2D eigenvalue weighted by Crippen LogP contribution is -2.58. The molecule has 490 valence electrons. The summed E-state index contributed by atoms with van der Waals surface area (Å²) in [6.07, 6.45) is 25.6. The lowest BCUT2D eigenvalue weighted by Gasteiger charge is -2.38. The predicted octanol–water partition coefficient (Wildman–Crippen LogP) is 8.06. The summed E-state index contributed by atoms with van der Waals surface area (Å²) in [5.74, 6) is -5.25. The van der Waals surface area contributed by atoms with E-state index in [0.717, 1.165) is 35.6 Å². The number of piperidine rings is 1. The van der Waals surface area contributed by atoms with Crippen molar-refractivity contribution in [3.63, 3.8) is 0 Å². The zero-order valence-corrected chi connectivity index (χ0v) is 54.8. The van der Waals surface area contributed by atoms with Crippen LogP contribution in [-0.2, 0) is 49.5 Å². The van der Waals surface area contributed by atoms with Gasteiger partial charge in [0.05, 0.1) is 17.2 Å². The third-order valence-electron chi connectivity index (χ3n) is 16.2. The number of imide groups is 1. The van der Waals surface area contributed by atoms with Crippen LogP contribution in [0.5, 0.6) is 0 Å². The number of ether oxygens (including phenoxy) is 1. The van der Waals surface area contributed by atoms with E-state index < -0.39 is 71.2 Å². The standard InChI is InChI=1S/C66H92N10O12S2/c1-9-43(4)58(73-61(82)52-28-21-23-35-74(52)7)64(84)75(8)53(42(2)3)39-54(88-45(6)77)62-72-51(41-89-62)60(81)70-48(37-44(5)65(85)86)38-46-30-32-47(33-31-46)69-59(80)50(27-24-34-68-66(67)87)71-56(78)29-20-17-22-36-76-57(79)40-55(63(76)83)90-49-25-18-15-13-11-10-12-14-16-19-26-49/h10-16,18-19,25-26,30-33,41-44,48,50,52-55,58H,9,17,20-24,27-29,34-40H2,1-8H3,(H,69,80)(H,70,81)(H,71,78)(H,73,82)(H,85,86)(H3,67,68,87)/b11-10-,12-10?,13-11?,14-12-,15-13-,16-14?,18-15?,19-16-,25-18-,26-19?,49-25?,49-26+/t43-,44?,48+,50-,52+,53+,54+,55?,58-/m0/s1. The number of nitrogens with zero attached hydrogens (tertiary/aromatic N) is 4. The number of nitrogens with one attached hydrogen (secondary N) is 5. The number of carboxylic acids is 1. The molecule has 9 atom stereocenters. The van der Waals surface area contributed by atoms with E-state index in [1.807, 2.05) is 106 Å². The van der Waals surface area contributed by atoms with Crippen molar-refractivity contribution in [3.05, 3.63) is 118 Å². The molecule has 2 unspecified atom stereocenters. The molecule has 22 nitrogen and oxygen atoms in total. The third-order valence-corrected chi connectivity index (χ3v) is 18.3. The van der Waals surface area contributed by atoms with Crippen molar-refractivity contribution in [2.45, 2.75) is 173 Å². The SMILES string of the molecule is CC[C@H](C)[C@H](NC(=O)[C@H]1CCCCN1C)C(=O)N(C)[C@H](C[C@@H](OC(C)=O)c1nc(C(=O)N[C@@H](Cc2ccc(NC(=O)[C@H](CCCNC(N)=O)NC(=O)CCCCCN3C(=O)CC(SC4=C/C=C\C=C/C=C\C=C/C=C\4)C3=O)cc2)CC(C)C(=O)O)cs1)C(C)C. The van der Waals surface area contributed by atoms with Gasteiger partial charge in [-0.05, 0) is 107 Å². The summed E-state index contributed by atoms with van der Waals surface area (Å²) in [4.78, 5) is 142. The summed E-state index contributed by atoms with van der Waals surface area (Å²) < 4.78 is 5.84. The van der Waals surface area contributed by atoms with E-state index in [-0.39, 0.29) is 105 Å². The van der Waals surface area contributed by atoms with Gasteiger partial charge in [-0.15, -0.1) is 23.1 Å². The number of unbranched alkanes of at least 4 members (excludes halogenated alkanes) is 2. The van der Waals surface area contributed by atoms with E-state index in [4.69, 9.17) is 10.5 Å². The normalized spacial score (nSPS) is 20.8. The Kier molecular flexibility index (Phi) is 30.4. The van der Waals surface area contributed by atoms with Crippen molar-refractivity contribution in [2.75, 3.05) is 39.0 Å². The maximum absolute atomic E-state index is 14.4. The second-order valence-corrected chi connectivity index (χ2v) is 25.8. The van der Waals surface area contributed by atoms with Crippen LogP contribution in [0.1, 0.15) is 152 Å². The molecule has 1 aliphatic carbocycles. The minimum absolute atomic E-state index is 0.0144. The fourth-order valence-electron chi connectivity index (χ4n) is 10.8. The Morgan fingerprint density at radius 2 is 1.57 bits per heavy atom. The highest BCUT2D eigenvalue weighted by molar-refractivity contribution is 8.04. The van der Waals surface area contributed by atoms with Crippen molar-refractivity contribution in [1.29, 1.82) is 0 Å². The molecular formula is C66H92N10O12S2. The molecule has 90 heavy (non-hydrogen) atoms. The van der Waals surface area contributed by atoms with Gasteiger partial charge in [-0.25, -0.2) is 9.78 Å². The first kappa shape index (κ1) is 73.0. The van der Waals surface area contributed by atoms with E-state index in [2.05, 4.69) is 31.6 Å². The largest absolute Gasteiger partial charge is 0.481 e. The molecule has 2 aromatic rings. The number of urea groups is 1. The van der Waals surface area contributed by atoms with Gasteiger partial charge >= 0.3 is 18.0 Å². The zero-order valence-electron chi connectivity index (χ0n) is 53.2. The van der Waals surface area contributed by atoms with Crippen molar-refractivity contribution < 1.29 is 57.8 Å². The Bertz CT molecular complexity index is 2990. The Morgan fingerprint density at radius 3 is 2.21 bits per heavy atom. The summed E-state index contributed by atoms with van der Waals surface area (Å²) in [6.45, 7) is 11.8. The molecule has 0 saturated carbocycles. The highest BCUT2D eigenvalue weighted by Gasteiger charge is 2.40. The predicted molar refractivity (Wildman–Crippen MR) is 349 cm³/mol. The first-order valence-electron chi connectivity index (χ1n) is 31.2. The number of likely N-dealkylation sites (N-methyl/N-ethyl adjacent to an activating group) is 2. The van der Waals surface area contributed by atoms with Crippen molar-refractivity contribution >= 4 is 88.1 Å². The molecule has 24 heteroatoms. The van der Waals surface area contributed by atoms with E-state index in [0.29, 0.717) is 54.8 Å². The molecule has 3 aliphatic rings. The number of carbonyl (C=O) groups is 10. The lowest BCUT2D eigenvalue weighted by molar-refractivity contribution is -0.149. The number of esters is 1. The number of allylic oxidation sites excluding steroid dienone is 11. The summed E-state index contributed by atoms with van der Waals surface area (Å²) in [5.41, 5.74) is 6.35. The number of amides is 9. The van der Waals surface area contributed by atoms with Crippen molar-refractivity contribution in [3.8, 4) is 0 Å². The zero-order chi connectivity index (χ0) is 65.9. The third kappa shape index (κ3) is 23.9. The van der Waals surface area contributed by atoms with E-state index in [1.165, 1.54) is 35.9 Å². The second-order valence-electron chi connectivity index (χ2n) is 23.6. The molecule has 5 rings (SSSR count). The first-order valence-corrected chi connectivity index (χ1v) is 32.9. The van der Waals surface area contributed by atoms with Crippen LogP contribution in [0.4, 0.5) is 10.5 Å². The van der Waals surface area contributed by atoms with Crippen LogP contribution in [0.3, 0.4) is 0 Å². The van der Waals surface area contributed by atoms with Crippen LogP contribution < -0.4 is 32.3 Å². The molecule has 0 radical (unpaired) electrons. The number of thiazole rings is 1. The number of rotatable bonds is 33. The summed E-state index contributed by atoms with van der Waals surface area (Å²) in [7, 11) is 3.60. The smallest absolute Gasteiger partial charge is 0.312 e. The Balaban J connectivity index is 1.18. The minimum atomic E-state index is -1.06. The molecule has 2 fully saturated rings. The molecular weight excluding hydrogens is 1190 g/mol. The van der Waals surface area contributed by atoms with Gasteiger partial charge in [0, 0.05) is 74.4 Å². The fourth-order valence-corrected chi connectivity index (χ4v) is 12.7. The van der Waals surface area contributed by atoms with Crippen molar-refractivity contribution in [2.24, 2.45) is 23.5 Å². The first-order chi connectivity index (χ1) is 42.9. The number of aromatic nitrogens is 1. The number of likely N-dealkylation sites (tertiary alicyclic amines) is 2. The molecule has 2 saturated heterocycles. The van der Waals surface area contributed by atoms with Crippen LogP contribution in [-0.4, -0.2) is 153 Å². The number of primary amides is 1. The van der Waals surface area contributed by atoms with Gasteiger partial charge < -0.3 is 47.1 Å².